The molecule has 1 unspecified atom stereocenters. The van der Waals surface area contributed by atoms with Crippen molar-refractivity contribution in [3.8, 4) is 17.2 Å². The molecule has 1 atom stereocenters. The van der Waals surface area contributed by atoms with Crippen molar-refractivity contribution in [2.45, 2.75) is 6.04 Å². The fourth-order valence-electron chi connectivity index (χ4n) is 2.43. The highest BCUT2D eigenvalue weighted by Gasteiger charge is 2.22. The van der Waals surface area contributed by atoms with Crippen LogP contribution in [-0.2, 0) is 0 Å². The molecule has 0 aromatic heterocycles. The van der Waals surface area contributed by atoms with E-state index in [4.69, 9.17) is 5.26 Å². The van der Waals surface area contributed by atoms with Crippen LogP contribution in [0.15, 0.2) is 59.6 Å². The molecule has 0 saturated heterocycles. The molecule has 2 nitrogen and oxygen atoms in total. The van der Waals surface area contributed by atoms with Gasteiger partial charge in [-0.1, -0.05) is 36.9 Å². The maximum atomic E-state index is 13.6. The van der Waals surface area contributed by atoms with Crippen molar-refractivity contribution in [2.75, 3.05) is 0 Å². The smallest absolute Gasteiger partial charge is 0.123 e. The predicted molar refractivity (Wildman–Crippen MR) is 76.9 cm³/mol. The molecule has 3 rings (SSSR count). The third-order valence-corrected chi connectivity index (χ3v) is 3.40. The molecule has 0 fully saturated rings. The van der Waals surface area contributed by atoms with Gasteiger partial charge >= 0.3 is 0 Å². The van der Waals surface area contributed by atoms with Crippen molar-refractivity contribution in [2.24, 2.45) is 4.99 Å². The van der Waals surface area contributed by atoms with Gasteiger partial charge < -0.3 is 0 Å². The van der Waals surface area contributed by atoms with Gasteiger partial charge in [-0.2, -0.15) is 5.26 Å². The lowest BCUT2D eigenvalue weighted by molar-refractivity contribution is 0.624. The van der Waals surface area contributed by atoms with Crippen LogP contribution in [0, 0.1) is 17.1 Å². The van der Waals surface area contributed by atoms with Gasteiger partial charge in [-0.05, 0) is 28.8 Å². The third kappa shape index (κ3) is 1.92. The first-order valence-electron chi connectivity index (χ1n) is 6.21. The second kappa shape index (κ2) is 4.75. The molecular weight excluding hydrogens is 251 g/mol. The number of fused-ring (bicyclic) bond motifs is 3. The number of nitrogens with zero attached hydrogens (tertiary/aromatic N) is 2. The molecule has 0 amide bonds. The average Bonchev–Trinajstić information content (AvgIpc) is 2.63. The lowest BCUT2D eigenvalue weighted by atomic mass is 9.91. The zero-order valence-electron chi connectivity index (χ0n) is 10.7. The Hall–Kier alpha value is -2.73. The van der Waals surface area contributed by atoms with Crippen LogP contribution < -0.4 is 0 Å². The van der Waals surface area contributed by atoms with Gasteiger partial charge in [0.2, 0.25) is 0 Å². The zero-order valence-corrected chi connectivity index (χ0v) is 10.7. The van der Waals surface area contributed by atoms with E-state index in [9.17, 15) is 4.39 Å². The third-order valence-electron chi connectivity index (χ3n) is 3.40. The van der Waals surface area contributed by atoms with Crippen molar-refractivity contribution in [1.29, 1.82) is 5.26 Å². The molecular formula is C17H11FN2. The minimum Gasteiger partial charge on any atom is -0.279 e. The van der Waals surface area contributed by atoms with Gasteiger partial charge in [0, 0.05) is 11.8 Å². The lowest BCUT2D eigenvalue weighted by Gasteiger charge is -2.14. The van der Waals surface area contributed by atoms with Crippen LogP contribution in [0.1, 0.15) is 17.2 Å². The first kappa shape index (κ1) is 12.3. The normalized spacial score (nSPS) is 15.7. The minimum absolute atomic E-state index is 0.306. The summed E-state index contributed by atoms with van der Waals surface area (Å²) in [4.78, 5) is 4.40. The van der Waals surface area contributed by atoms with Crippen LogP contribution in [-0.4, -0.2) is 6.21 Å². The average molecular weight is 262 g/mol. The quantitative estimate of drug-likeness (QED) is 0.714. The van der Waals surface area contributed by atoms with Crippen molar-refractivity contribution in [3.63, 3.8) is 0 Å². The van der Waals surface area contributed by atoms with Gasteiger partial charge in [0.05, 0.1) is 11.6 Å². The molecule has 2 aromatic rings. The van der Waals surface area contributed by atoms with Gasteiger partial charge in [0.1, 0.15) is 11.9 Å². The molecule has 20 heavy (non-hydrogen) atoms. The van der Waals surface area contributed by atoms with Crippen molar-refractivity contribution >= 4 is 6.21 Å². The van der Waals surface area contributed by atoms with E-state index in [2.05, 4.69) is 11.6 Å². The SMILES string of the molecule is C=C(C#N)C1N=Cc2ccccc2-c2ccc(F)cc21. The Labute approximate surface area is 116 Å². The fourth-order valence-corrected chi connectivity index (χ4v) is 2.43. The van der Waals surface area contributed by atoms with Gasteiger partial charge in [0.15, 0.2) is 0 Å². The number of hydrogen-bond acceptors (Lipinski definition) is 2. The van der Waals surface area contributed by atoms with E-state index in [1.807, 2.05) is 30.3 Å². The van der Waals surface area contributed by atoms with Crippen LogP contribution in [0.5, 0.6) is 0 Å². The van der Waals surface area contributed by atoms with Crippen molar-refractivity contribution < 1.29 is 4.39 Å². The summed E-state index contributed by atoms with van der Waals surface area (Å²) in [5, 5.41) is 9.07. The number of nitriles is 1. The molecule has 0 aliphatic carbocycles. The van der Waals surface area contributed by atoms with Crippen molar-refractivity contribution in [3.05, 3.63) is 71.6 Å². The molecule has 0 bridgehead atoms. The summed E-state index contributed by atoms with van der Waals surface area (Å²) in [5.41, 5.74) is 3.81. The number of rotatable bonds is 1. The summed E-state index contributed by atoms with van der Waals surface area (Å²) in [6, 6.07) is 13.8. The fraction of sp³-hybridized carbons (Fsp3) is 0.0588. The summed E-state index contributed by atoms with van der Waals surface area (Å²) in [6.45, 7) is 3.73. The van der Waals surface area contributed by atoms with Gasteiger partial charge in [-0.25, -0.2) is 4.39 Å². The molecule has 1 heterocycles. The largest absolute Gasteiger partial charge is 0.279 e. The molecule has 0 saturated carbocycles. The molecule has 3 heteroatoms. The summed E-state index contributed by atoms with van der Waals surface area (Å²) in [6.07, 6.45) is 1.72. The van der Waals surface area contributed by atoms with E-state index in [-0.39, 0.29) is 5.82 Å². The van der Waals surface area contributed by atoms with Gasteiger partial charge in [-0.15, -0.1) is 0 Å². The van der Waals surface area contributed by atoms with E-state index < -0.39 is 6.04 Å². The predicted octanol–water partition coefficient (Wildman–Crippen LogP) is 4.05. The highest BCUT2D eigenvalue weighted by Crippen LogP contribution is 2.37. The van der Waals surface area contributed by atoms with Crippen LogP contribution in [0.4, 0.5) is 4.39 Å². The Balaban J connectivity index is 2.31. The highest BCUT2D eigenvalue weighted by molar-refractivity contribution is 5.93. The number of aliphatic imine (C=N–C) groups is 1. The first-order valence-corrected chi connectivity index (χ1v) is 6.21. The number of benzene rings is 2. The van der Waals surface area contributed by atoms with E-state index in [1.165, 1.54) is 12.1 Å². The highest BCUT2D eigenvalue weighted by atomic mass is 19.1. The standard InChI is InChI=1S/C17H11FN2/c1-11(9-19)17-16-8-13(18)6-7-15(16)14-5-3-2-4-12(14)10-20-17/h2-8,10,17H,1H2. The molecule has 1 aliphatic heterocycles. The molecule has 1 aliphatic rings. The monoisotopic (exact) mass is 262 g/mol. The molecule has 96 valence electrons. The number of halogens is 1. The van der Waals surface area contributed by atoms with Crippen LogP contribution >= 0.6 is 0 Å². The maximum absolute atomic E-state index is 13.6. The number of hydrogen-bond donors (Lipinski definition) is 0. The molecule has 2 aromatic carbocycles. The maximum Gasteiger partial charge on any atom is 0.123 e. The lowest BCUT2D eigenvalue weighted by Crippen LogP contribution is -1.99. The second-order valence-electron chi connectivity index (χ2n) is 4.64. The van der Waals surface area contributed by atoms with Crippen molar-refractivity contribution in [1.82, 2.24) is 0 Å². The van der Waals surface area contributed by atoms with E-state index in [0.29, 0.717) is 11.1 Å². The van der Waals surface area contributed by atoms with Crippen LogP contribution in [0.25, 0.3) is 11.1 Å². The molecule has 0 N–H and O–H groups in total. The Morgan fingerprint density at radius 1 is 1.20 bits per heavy atom. The summed E-state index contributed by atoms with van der Waals surface area (Å²) < 4.78 is 13.6. The Kier molecular flexibility index (Phi) is 2.92. The van der Waals surface area contributed by atoms with Gasteiger partial charge in [-0.3, -0.25) is 4.99 Å². The topological polar surface area (TPSA) is 36.1 Å². The Morgan fingerprint density at radius 3 is 2.80 bits per heavy atom. The summed E-state index contributed by atoms with van der Waals surface area (Å²) in [5.74, 6) is -0.339. The Bertz CT molecular complexity index is 769. The Morgan fingerprint density at radius 2 is 2.00 bits per heavy atom. The first-order chi connectivity index (χ1) is 9.70. The summed E-state index contributed by atoms with van der Waals surface area (Å²) >= 11 is 0. The van der Waals surface area contributed by atoms with E-state index in [0.717, 1.165) is 16.7 Å². The van der Waals surface area contributed by atoms with Crippen LogP contribution in [0.3, 0.4) is 0 Å². The van der Waals surface area contributed by atoms with E-state index >= 15 is 0 Å². The molecule has 0 spiro atoms. The zero-order chi connectivity index (χ0) is 14.1. The summed E-state index contributed by atoms with van der Waals surface area (Å²) in [7, 11) is 0. The van der Waals surface area contributed by atoms with Crippen LogP contribution in [0.2, 0.25) is 0 Å². The minimum atomic E-state index is -0.530. The second-order valence-corrected chi connectivity index (χ2v) is 4.64. The van der Waals surface area contributed by atoms with Gasteiger partial charge in [0.25, 0.3) is 0 Å². The van der Waals surface area contributed by atoms with E-state index in [1.54, 1.807) is 12.3 Å². The molecule has 0 radical (unpaired) electrons.